The van der Waals surface area contributed by atoms with Crippen LogP contribution in [0.4, 0.5) is 5.95 Å². The van der Waals surface area contributed by atoms with Gasteiger partial charge in [-0.2, -0.15) is 4.98 Å². The van der Waals surface area contributed by atoms with Crippen molar-refractivity contribution in [3.05, 3.63) is 47.2 Å². The summed E-state index contributed by atoms with van der Waals surface area (Å²) in [6.07, 6.45) is 2.18. The molecule has 2 aromatic rings. The number of benzene rings is 1. The van der Waals surface area contributed by atoms with Crippen LogP contribution in [0, 0.1) is 12.8 Å². The number of carbonyl (C=O) groups excluding carboxylic acids is 1. The summed E-state index contributed by atoms with van der Waals surface area (Å²) < 4.78 is 5.40. The quantitative estimate of drug-likeness (QED) is 0.845. The summed E-state index contributed by atoms with van der Waals surface area (Å²) in [6, 6.07) is 9.51. The van der Waals surface area contributed by atoms with Gasteiger partial charge in [0.2, 0.25) is 11.8 Å². The summed E-state index contributed by atoms with van der Waals surface area (Å²) in [4.78, 5) is 21.0. The second-order valence-electron chi connectivity index (χ2n) is 6.32. The van der Waals surface area contributed by atoms with Gasteiger partial charge in [0.1, 0.15) is 0 Å². The van der Waals surface area contributed by atoms with Gasteiger partial charge in [-0.15, -0.1) is 0 Å². The van der Waals surface area contributed by atoms with Crippen molar-refractivity contribution in [1.29, 1.82) is 0 Å². The Morgan fingerprint density at radius 1 is 1.36 bits per heavy atom. The minimum absolute atomic E-state index is 0.209. The van der Waals surface area contributed by atoms with Crippen LogP contribution < -0.4 is 15.4 Å². The lowest BCUT2D eigenvalue weighted by Crippen LogP contribution is -2.16. The van der Waals surface area contributed by atoms with E-state index in [9.17, 15) is 4.79 Å². The molecule has 2 heterocycles. The summed E-state index contributed by atoms with van der Waals surface area (Å²) in [5.41, 5.74) is 2.55. The highest BCUT2D eigenvalue weighted by Crippen LogP contribution is 2.17. The molecule has 1 aromatic heterocycles. The summed E-state index contributed by atoms with van der Waals surface area (Å²) in [5.74, 6) is 1.17. The van der Waals surface area contributed by atoms with E-state index in [2.05, 4.69) is 26.7 Å². The third kappa shape index (κ3) is 4.76. The Labute approximate surface area is 148 Å². The molecule has 1 atom stereocenters. The standard InChI is InChI=1S/C19H24N4O2/c1-3-25-17-9-13(2)21-19(22-17)23-18(24)16-6-4-5-14(11-16)10-15-7-8-20-12-15/h4-6,9,11,15,20H,3,7-8,10,12H2,1-2H3,(H,21,22,23,24). The van der Waals surface area contributed by atoms with E-state index in [4.69, 9.17) is 4.74 Å². The number of rotatable bonds is 6. The third-order valence-corrected chi connectivity index (χ3v) is 4.22. The number of nitrogens with one attached hydrogen (secondary N) is 2. The van der Waals surface area contributed by atoms with E-state index >= 15 is 0 Å². The summed E-state index contributed by atoms with van der Waals surface area (Å²) in [6.45, 7) is 6.38. The van der Waals surface area contributed by atoms with Crippen LogP contribution in [0.15, 0.2) is 30.3 Å². The van der Waals surface area contributed by atoms with Crippen LogP contribution in [0.1, 0.15) is 35.0 Å². The van der Waals surface area contributed by atoms with Gasteiger partial charge >= 0.3 is 0 Å². The van der Waals surface area contributed by atoms with Crippen molar-refractivity contribution >= 4 is 11.9 Å². The van der Waals surface area contributed by atoms with Crippen LogP contribution in [0.2, 0.25) is 0 Å². The average molecular weight is 340 g/mol. The topological polar surface area (TPSA) is 76.1 Å². The molecule has 0 bridgehead atoms. The molecule has 6 nitrogen and oxygen atoms in total. The van der Waals surface area contributed by atoms with Crippen LogP contribution in [0.5, 0.6) is 5.88 Å². The van der Waals surface area contributed by atoms with Gasteiger partial charge in [0.05, 0.1) is 6.61 Å². The fourth-order valence-corrected chi connectivity index (χ4v) is 3.05. The second-order valence-corrected chi connectivity index (χ2v) is 6.32. The first-order chi connectivity index (χ1) is 12.1. The van der Waals surface area contributed by atoms with Crippen molar-refractivity contribution in [2.45, 2.75) is 26.7 Å². The Balaban J connectivity index is 1.70. The highest BCUT2D eigenvalue weighted by atomic mass is 16.5. The van der Waals surface area contributed by atoms with Crippen LogP contribution in [0.25, 0.3) is 0 Å². The van der Waals surface area contributed by atoms with Gasteiger partial charge in [-0.05, 0) is 63.4 Å². The van der Waals surface area contributed by atoms with Crippen molar-refractivity contribution in [2.75, 3.05) is 25.0 Å². The lowest BCUT2D eigenvalue weighted by atomic mass is 9.97. The number of amides is 1. The SMILES string of the molecule is CCOc1cc(C)nc(NC(=O)c2cccc(CC3CCNC3)c2)n1. The normalized spacial score (nSPS) is 16.6. The maximum absolute atomic E-state index is 12.5. The summed E-state index contributed by atoms with van der Waals surface area (Å²) in [7, 11) is 0. The fourth-order valence-electron chi connectivity index (χ4n) is 3.05. The lowest BCUT2D eigenvalue weighted by Gasteiger charge is -2.10. The van der Waals surface area contributed by atoms with Gasteiger partial charge in [-0.25, -0.2) is 4.98 Å². The van der Waals surface area contributed by atoms with E-state index in [1.54, 1.807) is 6.07 Å². The van der Waals surface area contributed by atoms with E-state index in [1.807, 2.05) is 32.0 Å². The molecule has 1 amide bonds. The van der Waals surface area contributed by atoms with Crippen molar-refractivity contribution in [2.24, 2.45) is 5.92 Å². The Morgan fingerprint density at radius 2 is 2.24 bits per heavy atom. The molecule has 6 heteroatoms. The fraction of sp³-hybridized carbons (Fsp3) is 0.421. The molecule has 0 radical (unpaired) electrons. The van der Waals surface area contributed by atoms with Gasteiger partial charge in [-0.1, -0.05) is 12.1 Å². The number of carbonyl (C=O) groups is 1. The highest BCUT2D eigenvalue weighted by Gasteiger charge is 2.16. The predicted molar refractivity (Wildman–Crippen MR) is 97.0 cm³/mol. The number of nitrogens with zero attached hydrogens (tertiary/aromatic N) is 2. The Kier molecular flexibility index (Phi) is 5.60. The van der Waals surface area contributed by atoms with Crippen molar-refractivity contribution in [3.8, 4) is 5.88 Å². The van der Waals surface area contributed by atoms with Crippen molar-refractivity contribution in [3.63, 3.8) is 0 Å². The largest absolute Gasteiger partial charge is 0.478 e. The monoisotopic (exact) mass is 340 g/mol. The van der Waals surface area contributed by atoms with E-state index in [0.29, 0.717) is 24.0 Å². The summed E-state index contributed by atoms with van der Waals surface area (Å²) >= 11 is 0. The van der Waals surface area contributed by atoms with Crippen LogP contribution in [-0.2, 0) is 6.42 Å². The number of aromatic nitrogens is 2. The molecule has 1 fully saturated rings. The number of aryl methyl sites for hydroxylation is 1. The highest BCUT2D eigenvalue weighted by molar-refractivity contribution is 6.03. The van der Waals surface area contributed by atoms with Gasteiger partial charge in [0.25, 0.3) is 5.91 Å². The molecule has 2 N–H and O–H groups in total. The molecule has 0 spiro atoms. The predicted octanol–water partition coefficient (Wildman–Crippen LogP) is 2.59. The van der Waals surface area contributed by atoms with E-state index < -0.39 is 0 Å². The van der Waals surface area contributed by atoms with Gasteiger partial charge < -0.3 is 10.1 Å². The molecule has 3 rings (SSSR count). The molecule has 1 unspecified atom stereocenters. The first kappa shape index (κ1) is 17.4. The third-order valence-electron chi connectivity index (χ3n) is 4.22. The molecular formula is C19H24N4O2. The van der Waals surface area contributed by atoms with Crippen LogP contribution in [-0.4, -0.2) is 35.6 Å². The first-order valence-corrected chi connectivity index (χ1v) is 8.73. The molecule has 1 aliphatic rings. The molecular weight excluding hydrogens is 316 g/mol. The van der Waals surface area contributed by atoms with E-state index in [-0.39, 0.29) is 11.9 Å². The van der Waals surface area contributed by atoms with E-state index in [0.717, 1.165) is 25.2 Å². The second kappa shape index (κ2) is 8.07. The Morgan fingerprint density at radius 3 is 3.00 bits per heavy atom. The molecule has 1 saturated heterocycles. The molecule has 0 aliphatic carbocycles. The van der Waals surface area contributed by atoms with Crippen molar-refractivity contribution < 1.29 is 9.53 Å². The summed E-state index contributed by atoms with van der Waals surface area (Å²) in [5, 5.41) is 6.14. The number of ether oxygens (including phenoxy) is 1. The smallest absolute Gasteiger partial charge is 0.258 e. The zero-order valence-electron chi connectivity index (χ0n) is 14.7. The lowest BCUT2D eigenvalue weighted by molar-refractivity contribution is 0.102. The zero-order chi connectivity index (χ0) is 17.6. The maximum atomic E-state index is 12.5. The molecule has 132 valence electrons. The molecule has 1 aromatic carbocycles. The van der Waals surface area contributed by atoms with Gasteiger partial charge in [0, 0.05) is 17.3 Å². The molecule has 0 saturated carbocycles. The van der Waals surface area contributed by atoms with Crippen molar-refractivity contribution in [1.82, 2.24) is 15.3 Å². The van der Waals surface area contributed by atoms with Crippen LogP contribution in [0.3, 0.4) is 0 Å². The molecule has 1 aliphatic heterocycles. The van der Waals surface area contributed by atoms with Crippen LogP contribution >= 0.6 is 0 Å². The molecule has 25 heavy (non-hydrogen) atoms. The number of hydrogen-bond donors (Lipinski definition) is 2. The number of hydrogen-bond acceptors (Lipinski definition) is 5. The minimum Gasteiger partial charge on any atom is -0.478 e. The maximum Gasteiger partial charge on any atom is 0.258 e. The first-order valence-electron chi connectivity index (χ1n) is 8.73. The van der Waals surface area contributed by atoms with E-state index in [1.165, 1.54) is 12.0 Å². The Hall–Kier alpha value is -2.47. The van der Waals surface area contributed by atoms with Gasteiger partial charge in [-0.3, -0.25) is 10.1 Å². The zero-order valence-corrected chi connectivity index (χ0v) is 14.7. The van der Waals surface area contributed by atoms with Gasteiger partial charge in [0.15, 0.2) is 0 Å². The Bertz CT molecular complexity index is 742. The number of anilines is 1. The average Bonchev–Trinajstić information content (AvgIpc) is 3.08. The minimum atomic E-state index is -0.209.